The molecule has 3 aliphatic carbocycles. The van der Waals surface area contributed by atoms with Crippen LogP contribution in [0.3, 0.4) is 0 Å². The van der Waals surface area contributed by atoms with E-state index in [1.54, 1.807) is 6.20 Å². The van der Waals surface area contributed by atoms with Gasteiger partial charge in [0.1, 0.15) is 0 Å². The molecule has 4 aliphatic rings. The van der Waals surface area contributed by atoms with E-state index < -0.39 is 0 Å². The number of pyridine rings is 4. The average molecular weight is 2170 g/mol. The third-order valence-electron chi connectivity index (χ3n) is 25.9. The van der Waals surface area contributed by atoms with E-state index in [-0.39, 0.29) is 76.6 Å². The summed E-state index contributed by atoms with van der Waals surface area (Å²) < 4.78 is 0. The average Bonchev–Trinajstić information content (AvgIpc) is 1.63. The van der Waals surface area contributed by atoms with Gasteiger partial charge in [0.25, 0.3) is 0 Å². The third-order valence-corrected chi connectivity index (χ3v) is 25.9. The monoisotopic (exact) mass is 2170 g/mol. The van der Waals surface area contributed by atoms with Crippen LogP contribution in [0.15, 0.2) is 353 Å². The fourth-order valence-corrected chi connectivity index (χ4v) is 19.7. The van der Waals surface area contributed by atoms with Gasteiger partial charge in [-0.25, -0.2) is 0 Å². The Morgan fingerprint density at radius 3 is 0.913 bits per heavy atom. The molecule has 620 valence electrons. The van der Waals surface area contributed by atoms with Gasteiger partial charge in [-0.1, -0.05) is 293 Å². The second-order valence-electron chi connectivity index (χ2n) is 34.5. The van der Waals surface area contributed by atoms with E-state index >= 15 is 0 Å². The van der Waals surface area contributed by atoms with Crippen LogP contribution in [0, 0.1) is 44.8 Å². The molecule has 0 fully saturated rings. The van der Waals surface area contributed by atoms with Crippen LogP contribution in [0.2, 0.25) is 0 Å². The fraction of sp³-hybridized carbons (Fsp3) is 0.103. The minimum Gasteiger partial charge on any atom is -0.574 e. The van der Waals surface area contributed by atoms with Crippen LogP contribution in [0.25, 0.3) is 175 Å². The molecule has 21 aromatic rings. The molecule has 2 radical (unpaired) electrons. The van der Waals surface area contributed by atoms with E-state index in [1.807, 2.05) is 141 Å². The van der Waals surface area contributed by atoms with Crippen molar-refractivity contribution in [2.24, 2.45) is 0 Å². The maximum Gasteiger partial charge on any atom is 3.00 e. The minimum atomic E-state index is -0.0930. The zero-order valence-corrected chi connectivity index (χ0v) is 78.8. The van der Waals surface area contributed by atoms with Crippen molar-refractivity contribution in [1.29, 1.82) is 0 Å². The number of aryl methyl sites for hydroxylation is 2. The molecule has 1 aliphatic heterocycles. The summed E-state index contributed by atoms with van der Waals surface area (Å²) in [5.74, 6) is 0. The van der Waals surface area contributed by atoms with Gasteiger partial charge in [0.05, 0.1) is 5.69 Å². The van der Waals surface area contributed by atoms with E-state index in [2.05, 4.69) is 339 Å². The van der Waals surface area contributed by atoms with Gasteiger partial charge in [-0.2, -0.15) is 37.0 Å². The maximum absolute atomic E-state index is 4.55. The Kier molecular flexibility index (Phi) is 22.9. The topological polar surface area (TPSA) is 85.0 Å². The summed E-state index contributed by atoms with van der Waals surface area (Å²) in [5.41, 5.74) is 27.0. The molecule has 0 amide bonds. The summed E-state index contributed by atoms with van der Waals surface area (Å²) in [6.45, 7) is 20.1. The molecule has 127 heavy (non-hydrogen) atoms. The van der Waals surface area contributed by atoms with Crippen molar-refractivity contribution in [3.63, 3.8) is 0 Å². The van der Waals surface area contributed by atoms with Gasteiger partial charge in [0, 0.05) is 71.2 Å². The molecule has 11 heteroatoms. The van der Waals surface area contributed by atoms with Crippen molar-refractivity contribution in [1.82, 2.24) is 35.0 Å². The number of fused-ring (bicyclic) bond motifs is 27. The first-order valence-electron chi connectivity index (χ1n) is 42.5. The molecule has 0 unspecified atom stereocenters. The molecular formula is C116H86Ir3N8-3. The van der Waals surface area contributed by atoms with Gasteiger partial charge in [-0.15, -0.1) is 93.7 Å². The summed E-state index contributed by atoms with van der Waals surface area (Å²) in [4.78, 5) is 22.0. The molecule has 16 aromatic carbocycles. The Hall–Kier alpha value is -13.0. The second kappa shape index (κ2) is 34.4. The van der Waals surface area contributed by atoms with Crippen LogP contribution >= 0.6 is 0 Å². The summed E-state index contributed by atoms with van der Waals surface area (Å²) in [6.07, 6.45) is 13.1. The number of anilines is 1. The zero-order valence-electron chi connectivity index (χ0n) is 71.6. The third kappa shape index (κ3) is 15.0. The normalized spacial score (nSPS) is 13.5. The van der Waals surface area contributed by atoms with Gasteiger partial charge in [0.15, 0.2) is 0 Å². The van der Waals surface area contributed by atoms with Gasteiger partial charge in [-0.3, -0.25) is 4.98 Å². The quantitative estimate of drug-likeness (QED) is 0.124. The Morgan fingerprint density at radius 1 is 0.315 bits per heavy atom. The Morgan fingerprint density at radius 2 is 0.630 bits per heavy atom. The van der Waals surface area contributed by atoms with E-state index in [4.69, 9.17) is 0 Å². The van der Waals surface area contributed by atoms with Crippen molar-refractivity contribution in [2.45, 2.75) is 71.6 Å². The van der Waals surface area contributed by atoms with Crippen LogP contribution in [-0.4, -0.2) is 37.0 Å². The van der Waals surface area contributed by atoms with E-state index in [1.165, 1.54) is 169 Å². The minimum absolute atomic E-state index is 0. The SMILES string of the molecule is CC1(C)c2cc(-c3ccccn3)[c-]cc2-c2cc3c4ccccc4c4ccccc4c3cc21.CC1(C)c2cc(-c3ccccn3)[c-]cc2-c2cc3c4ccccc4c4ccccc4c3cc21.CC1(C)c2cc(-c3ccccn3)[c-]cc2-c2cc3c4ccccc4c4ccccc4c3cc21.CN1C=CN(c2[c-]cccc2)[CH-]1.Cc1cnc(-c2ccn[n-]2)c(C)c1.[Ir+3].[Ir].[Ir]. The number of rotatable bonds is 5. The van der Waals surface area contributed by atoms with E-state index in [0.29, 0.717) is 0 Å². The van der Waals surface area contributed by atoms with Gasteiger partial charge >= 0.3 is 20.1 Å². The van der Waals surface area contributed by atoms with E-state index in [0.717, 1.165) is 56.4 Å². The molecule has 25 rings (SSSR count). The molecule has 0 saturated heterocycles. The predicted octanol–water partition coefficient (Wildman–Crippen LogP) is 28.5. The number of benzene rings is 16. The Balaban J connectivity index is 0.000000112. The molecule has 0 bridgehead atoms. The number of hydrogen-bond donors (Lipinski definition) is 0. The first kappa shape index (κ1) is 84.8. The second-order valence-corrected chi connectivity index (χ2v) is 34.5. The molecule has 0 saturated carbocycles. The summed E-state index contributed by atoms with van der Waals surface area (Å²) in [6, 6.07) is 124. The van der Waals surface area contributed by atoms with Crippen LogP contribution in [0.1, 0.15) is 86.1 Å². The first-order valence-corrected chi connectivity index (χ1v) is 42.5. The number of aromatic nitrogens is 6. The molecule has 0 spiro atoms. The first-order chi connectivity index (χ1) is 60.5. The summed E-state index contributed by atoms with van der Waals surface area (Å²) >= 11 is 0. The van der Waals surface area contributed by atoms with Crippen molar-refractivity contribution in [3.8, 4) is 78.5 Å². The Bertz CT molecular complexity index is 7220. The smallest absolute Gasteiger partial charge is 0.574 e. The predicted molar refractivity (Wildman–Crippen MR) is 515 cm³/mol. The van der Waals surface area contributed by atoms with Crippen molar-refractivity contribution in [3.05, 3.63) is 428 Å². The molecule has 5 aromatic heterocycles. The summed E-state index contributed by atoms with van der Waals surface area (Å²) in [5, 5.41) is 31.5. The molecule has 8 nitrogen and oxygen atoms in total. The van der Waals surface area contributed by atoms with Crippen molar-refractivity contribution in [2.75, 3.05) is 11.9 Å². The van der Waals surface area contributed by atoms with Crippen LogP contribution in [-0.2, 0) is 76.6 Å². The number of para-hydroxylation sites is 1. The van der Waals surface area contributed by atoms with Crippen LogP contribution in [0.5, 0.6) is 0 Å². The van der Waals surface area contributed by atoms with E-state index in [9.17, 15) is 0 Å². The molecule has 6 heterocycles. The number of nitrogens with zero attached hydrogens (tertiary/aromatic N) is 8. The molecule has 0 N–H and O–H groups in total. The molecule has 0 atom stereocenters. The largest absolute Gasteiger partial charge is 3.00 e. The maximum atomic E-state index is 4.55. The van der Waals surface area contributed by atoms with Gasteiger partial charge < -0.3 is 34.9 Å². The summed E-state index contributed by atoms with van der Waals surface area (Å²) in [7, 11) is 2.00. The van der Waals surface area contributed by atoms with Gasteiger partial charge in [0.2, 0.25) is 0 Å². The zero-order chi connectivity index (χ0) is 84.1. The van der Waals surface area contributed by atoms with Crippen LogP contribution in [0.4, 0.5) is 5.69 Å². The van der Waals surface area contributed by atoms with Crippen LogP contribution < -0.4 is 10.00 Å². The fourth-order valence-electron chi connectivity index (χ4n) is 19.7. The van der Waals surface area contributed by atoms with Crippen molar-refractivity contribution < 1.29 is 60.3 Å². The Labute approximate surface area is 781 Å². The number of hydrogen-bond acceptors (Lipinski definition) is 7. The standard InChI is InChI=1S/3C32H22N.C10H10N3.C10H10N2.3Ir/c3*1-32(2)29-17-20(31-13-7-8-16-33-31)14-15-25(29)28-18-26-23-11-5-3-9-21(23)22-10-4-6-12-24(22)27(26)19-30(28)32;1-7-5-8(2)10(11-6-7)9-3-4-12-13-9;1-11-7-8-12(9-11)10-5-3-2-4-6-10;;;/h3*3-13,15-19H,1-2H3;3-6H,1-2H3;2-5,7-9H,1H3;;;/q4*-1;-2;;;+3. The molecular weight excluding hydrogens is 2080 g/mol. The van der Waals surface area contributed by atoms with Gasteiger partial charge in [-0.05, 0) is 228 Å². The van der Waals surface area contributed by atoms with Crippen molar-refractivity contribution >= 4 is 103 Å².